The number of likely N-dealkylation sites (tertiary alicyclic amines) is 1. The summed E-state index contributed by atoms with van der Waals surface area (Å²) >= 11 is 0. The molecule has 0 bridgehead atoms. The van der Waals surface area contributed by atoms with Crippen molar-refractivity contribution in [2.45, 2.75) is 147 Å². The van der Waals surface area contributed by atoms with Crippen LogP contribution >= 0.6 is 7.82 Å². The van der Waals surface area contributed by atoms with E-state index in [1.807, 2.05) is 0 Å². The molecule has 2 aliphatic rings. The van der Waals surface area contributed by atoms with Crippen molar-refractivity contribution in [2.75, 3.05) is 47.0 Å². The number of hydrogen-bond acceptors (Lipinski definition) is 6. The molecule has 8 heteroatoms. The fourth-order valence-electron chi connectivity index (χ4n) is 5.62. The van der Waals surface area contributed by atoms with Crippen LogP contribution in [0.5, 0.6) is 0 Å². The third kappa shape index (κ3) is 15.7. The lowest BCUT2D eigenvalue weighted by Gasteiger charge is -2.40. The molecule has 0 amide bonds. The number of unbranched alkanes of at least 4 members (excludes halogenated alkanes) is 15. The Kier molecular flexibility index (Phi) is 17.3. The van der Waals surface area contributed by atoms with Crippen molar-refractivity contribution in [2.24, 2.45) is 0 Å². The first-order chi connectivity index (χ1) is 18.3. The first-order valence-electron chi connectivity index (χ1n) is 16.0. The Morgan fingerprint density at radius 3 is 1.82 bits per heavy atom. The van der Waals surface area contributed by atoms with Gasteiger partial charge < -0.3 is 23.4 Å². The number of quaternary nitrogens is 1. The molecule has 226 valence electrons. The summed E-state index contributed by atoms with van der Waals surface area (Å²) in [5.41, 5.74) is 0. The zero-order valence-electron chi connectivity index (χ0n) is 25.1. The third-order valence-corrected chi connectivity index (χ3v) is 9.31. The summed E-state index contributed by atoms with van der Waals surface area (Å²) in [7, 11) is -0.165. The van der Waals surface area contributed by atoms with Crippen LogP contribution in [0.25, 0.3) is 0 Å². The van der Waals surface area contributed by atoms with Crippen molar-refractivity contribution in [3.05, 3.63) is 0 Å². The summed E-state index contributed by atoms with van der Waals surface area (Å²) in [4.78, 5) is 12.7. The van der Waals surface area contributed by atoms with E-state index >= 15 is 0 Å². The molecule has 0 radical (unpaired) electrons. The highest BCUT2D eigenvalue weighted by Gasteiger charge is 2.41. The number of nitrogens with zero attached hydrogens (tertiary/aromatic N) is 1. The average molecular weight is 562 g/mol. The predicted octanol–water partition coefficient (Wildman–Crippen LogP) is 7.51. The fraction of sp³-hybridized carbons (Fsp3) is 1.00. The molecule has 0 N–H and O–H groups in total. The standard InChI is InChI=1S/C30H60NO6P/c1-4-5-6-7-8-9-10-11-12-13-14-15-16-17-18-19-26-34-28-30(23-20-27-35-30)37-38(32,33)36-29-21-24-31(2,3)25-22-29/h29H,4-28H2,1-3H3. The van der Waals surface area contributed by atoms with Crippen LogP contribution in [0.2, 0.25) is 0 Å². The van der Waals surface area contributed by atoms with Gasteiger partial charge in [0.2, 0.25) is 0 Å². The first-order valence-corrected chi connectivity index (χ1v) is 17.5. The number of phosphoric acid groups is 1. The predicted molar refractivity (Wildman–Crippen MR) is 153 cm³/mol. The Morgan fingerprint density at radius 1 is 0.842 bits per heavy atom. The van der Waals surface area contributed by atoms with Crippen LogP contribution in [0, 0.1) is 0 Å². The molecular formula is C30H60NO6P. The Balaban J connectivity index is 1.45. The summed E-state index contributed by atoms with van der Waals surface area (Å²) in [5, 5.41) is 0. The maximum atomic E-state index is 12.7. The van der Waals surface area contributed by atoms with Crippen molar-refractivity contribution < 1.29 is 32.5 Å². The molecule has 0 spiro atoms. The van der Waals surface area contributed by atoms with Crippen LogP contribution < -0.4 is 4.89 Å². The van der Waals surface area contributed by atoms with Gasteiger partial charge in [-0.1, -0.05) is 103 Å². The van der Waals surface area contributed by atoms with E-state index < -0.39 is 13.6 Å². The lowest BCUT2D eigenvalue weighted by molar-refractivity contribution is -0.896. The maximum Gasteiger partial charge on any atom is 0.270 e. The molecule has 2 unspecified atom stereocenters. The maximum absolute atomic E-state index is 12.7. The summed E-state index contributed by atoms with van der Waals surface area (Å²) < 4.78 is 36.0. The van der Waals surface area contributed by atoms with E-state index in [2.05, 4.69) is 21.0 Å². The van der Waals surface area contributed by atoms with E-state index in [4.69, 9.17) is 18.5 Å². The monoisotopic (exact) mass is 561 g/mol. The van der Waals surface area contributed by atoms with Gasteiger partial charge >= 0.3 is 0 Å². The highest BCUT2D eigenvalue weighted by molar-refractivity contribution is 7.45. The summed E-state index contributed by atoms with van der Waals surface area (Å²) in [6.07, 6.45) is 23.8. The number of piperidine rings is 1. The van der Waals surface area contributed by atoms with E-state index in [-0.39, 0.29) is 12.7 Å². The van der Waals surface area contributed by atoms with E-state index in [1.165, 1.54) is 89.9 Å². The Bertz CT molecular complexity index is 630. The van der Waals surface area contributed by atoms with Crippen molar-refractivity contribution in [3.8, 4) is 0 Å². The highest BCUT2D eigenvalue weighted by atomic mass is 31.2. The van der Waals surface area contributed by atoms with Gasteiger partial charge in [-0.2, -0.15) is 0 Å². The molecule has 2 rings (SSSR count). The van der Waals surface area contributed by atoms with Crippen LogP contribution in [-0.2, 0) is 23.1 Å². The lowest BCUT2D eigenvalue weighted by atomic mass is 10.0. The molecule has 0 aromatic heterocycles. The largest absolute Gasteiger partial charge is 0.756 e. The SMILES string of the molecule is CCCCCCCCCCCCCCCCCCOCC1(OP(=O)([O-])OC2CC[N+](C)(C)CC2)CCCO1. The third-order valence-electron chi connectivity index (χ3n) is 8.20. The zero-order valence-corrected chi connectivity index (χ0v) is 26.0. The van der Waals surface area contributed by atoms with E-state index in [0.29, 0.717) is 32.5 Å². The topological polar surface area (TPSA) is 77.1 Å². The van der Waals surface area contributed by atoms with Gasteiger partial charge in [-0.3, -0.25) is 9.09 Å². The molecule has 7 nitrogen and oxygen atoms in total. The minimum Gasteiger partial charge on any atom is -0.756 e. The van der Waals surface area contributed by atoms with Gasteiger partial charge in [0.05, 0.1) is 39.9 Å². The van der Waals surface area contributed by atoms with E-state index in [1.54, 1.807) is 0 Å². The Labute approximate surface area is 234 Å². The summed E-state index contributed by atoms with van der Waals surface area (Å²) in [6.45, 7) is 5.30. The van der Waals surface area contributed by atoms with Crippen LogP contribution in [0.4, 0.5) is 0 Å². The van der Waals surface area contributed by atoms with Crippen molar-refractivity contribution >= 4 is 7.82 Å². The molecule has 2 heterocycles. The van der Waals surface area contributed by atoms with Gasteiger partial charge in [-0.05, 0) is 12.8 Å². The van der Waals surface area contributed by atoms with Gasteiger partial charge in [0.1, 0.15) is 6.61 Å². The summed E-state index contributed by atoms with van der Waals surface area (Å²) in [6, 6.07) is 0. The number of hydrogen-bond donors (Lipinski definition) is 0. The number of phosphoric ester groups is 1. The van der Waals surface area contributed by atoms with Gasteiger partial charge in [0, 0.05) is 25.9 Å². The van der Waals surface area contributed by atoms with Gasteiger partial charge in [-0.25, -0.2) is 0 Å². The Hall–Kier alpha value is -0.0100. The fourth-order valence-corrected chi connectivity index (χ4v) is 6.84. The normalized spacial score (nSPS) is 23.6. The molecule has 2 fully saturated rings. The first kappa shape index (κ1) is 34.2. The smallest absolute Gasteiger partial charge is 0.270 e. The van der Waals surface area contributed by atoms with Crippen LogP contribution in [0.3, 0.4) is 0 Å². The quantitative estimate of drug-likeness (QED) is 0.0730. The molecule has 0 saturated carbocycles. The Morgan fingerprint density at radius 2 is 1.34 bits per heavy atom. The van der Waals surface area contributed by atoms with Crippen molar-refractivity contribution in [1.82, 2.24) is 0 Å². The van der Waals surface area contributed by atoms with Crippen LogP contribution in [0.1, 0.15) is 135 Å². The lowest BCUT2D eigenvalue weighted by Crippen LogP contribution is -2.48. The minimum atomic E-state index is -4.47. The van der Waals surface area contributed by atoms with E-state index in [0.717, 1.165) is 36.8 Å². The second-order valence-electron chi connectivity index (χ2n) is 12.4. The highest BCUT2D eigenvalue weighted by Crippen LogP contribution is 2.48. The van der Waals surface area contributed by atoms with Gasteiger partial charge in [-0.15, -0.1) is 0 Å². The van der Waals surface area contributed by atoms with Gasteiger partial charge in [0.15, 0.2) is 5.79 Å². The molecule has 38 heavy (non-hydrogen) atoms. The molecule has 0 aliphatic carbocycles. The molecule has 0 aromatic rings. The van der Waals surface area contributed by atoms with Gasteiger partial charge in [0.25, 0.3) is 7.82 Å². The zero-order chi connectivity index (χ0) is 27.6. The molecular weight excluding hydrogens is 501 g/mol. The van der Waals surface area contributed by atoms with E-state index in [9.17, 15) is 9.46 Å². The van der Waals surface area contributed by atoms with Crippen molar-refractivity contribution in [3.63, 3.8) is 0 Å². The average Bonchev–Trinajstić information content (AvgIpc) is 3.32. The molecule has 2 saturated heterocycles. The second-order valence-corrected chi connectivity index (χ2v) is 13.7. The number of rotatable bonds is 23. The van der Waals surface area contributed by atoms with Crippen LogP contribution in [-0.4, -0.2) is 63.4 Å². The molecule has 2 aliphatic heterocycles. The van der Waals surface area contributed by atoms with Crippen LogP contribution in [0.15, 0.2) is 0 Å². The number of ether oxygens (including phenoxy) is 2. The molecule has 2 atom stereocenters. The van der Waals surface area contributed by atoms with Crippen molar-refractivity contribution in [1.29, 1.82) is 0 Å². The molecule has 0 aromatic carbocycles. The summed E-state index contributed by atoms with van der Waals surface area (Å²) in [5.74, 6) is -1.23. The minimum absolute atomic E-state index is 0.135. The second kappa shape index (κ2) is 19.2.